The van der Waals surface area contributed by atoms with Gasteiger partial charge in [0.1, 0.15) is 0 Å². The van der Waals surface area contributed by atoms with Gasteiger partial charge in [-0.1, -0.05) is 31.9 Å². The monoisotopic (exact) mass is 352 g/mol. The van der Waals surface area contributed by atoms with E-state index in [1.807, 2.05) is 0 Å². The molecular formula is C10H18Br2N4. The lowest BCUT2D eigenvalue weighted by atomic mass is 9.98. The zero-order valence-electron chi connectivity index (χ0n) is 9.23. The molecule has 0 aromatic carbocycles. The first-order valence-corrected chi connectivity index (χ1v) is 7.72. The summed E-state index contributed by atoms with van der Waals surface area (Å²) in [5.74, 6) is 0.734. The maximum absolute atomic E-state index is 7.08. The molecule has 4 nitrogen and oxygen atoms in total. The molecule has 0 aromatic heterocycles. The molecule has 0 radical (unpaired) electrons. The van der Waals surface area contributed by atoms with Gasteiger partial charge < -0.3 is 10.6 Å². The van der Waals surface area contributed by atoms with Gasteiger partial charge in [-0.2, -0.15) is 5.11 Å². The summed E-state index contributed by atoms with van der Waals surface area (Å²) in [4.78, 5) is 0. The van der Waals surface area contributed by atoms with Crippen molar-refractivity contribution in [1.29, 1.82) is 5.53 Å². The Morgan fingerprint density at radius 1 is 1.31 bits per heavy atom. The molecule has 3 N–H and O–H groups in total. The van der Waals surface area contributed by atoms with Gasteiger partial charge in [0.05, 0.1) is 5.70 Å². The van der Waals surface area contributed by atoms with E-state index >= 15 is 0 Å². The minimum atomic E-state index is 0.622. The van der Waals surface area contributed by atoms with Crippen LogP contribution in [0.2, 0.25) is 0 Å². The van der Waals surface area contributed by atoms with Crippen molar-refractivity contribution in [1.82, 2.24) is 10.6 Å². The summed E-state index contributed by atoms with van der Waals surface area (Å²) in [6.45, 7) is 3.22. The molecule has 16 heavy (non-hydrogen) atoms. The van der Waals surface area contributed by atoms with Gasteiger partial charge in [0.15, 0.2) is 0 Å². The molecule has 1 aliphatic rings. The molecule has 0 spiro atoms. The number of halogens is 2. The van der Waals surface area contributed by atoms with Gasteiger partial charge in [-0.25, -0.2) is 5.53 Å². The van der Waals surface area contributed by atoms with Crippen LogP contribution in [0.1, 0.15) is 12.8 Å². The maximum atomic E-state index is 7.08. The summed E-state index contributed by atoms with van der Waals surface area (Å²) in [5.41, 5.74) is 8.87. The first kappa shape index (κ1) is 14.1. The molecule has 0 unspecified atom stereocenters. The molecule has 1 saturated heterocycles. The van der Waals surface area contributed by atoms with Gasteiger partial charge in [0.2, 0.25) is 0 Å². The van der Waals surface area contributed by atoms with E-state index in [-0.39, 0.29) is 0 Å². The summed E-state index contributed by atoms with van der Waals surface area (Å²) in [5, 5.41) is 11.6. The highest BCUT2D eigenvalue weighted by Crippen LogP contribution is 2.13. The van der Waals surface area contributed by atoms with E-state index in [4.69, 9.17) is 5.53 Å². The van der Waals surface area contributed by atoms with Gasteiger partial charge in [0, 0.05) is 22.9 Å². The second-order valence-corrected chi connectivity index (χ2v) is 5.00. The molecule has 0 saturated carbocycles. The Bertz CT molecular complexity index is 249. The lowest BCUT2D eigenvalue weighted by Gasteiger charge is -2.24. The molecule has 0 aromatic rings. The average Bonchev–Trinajstić information content (AvgIpc) is 2.35. The first-order valence-electron chi connectivity index (χ1n) is 5.47. The second kappa shape index (κ2) is 8.20. The van der Waals surface area contributed by atoms with E-state index in [1.165, 1.54) is 12.8 Å². The third-order valence-electron chi connectivity index (χ3n) is 2.81. The van der Waals surface area contributed by atoms with Crippen LogP contribution in [0.5, 0.6) is 0 Å². The molecule has 92 valence electrons. The number of nitrogens with zero attached hydrogens (tertiary/aromatic N) is 1. The molecule has 0 aliphatic carbocycles. The predicted octanol–water partition coefficient (Wildman–Crippen LogP) is 2.61. The molecule has 0 atom stereocenters. The third kappa shape index (κ3) is 4.51. The Labute approximate surface area is 113 Å². The minimum Gasteiger partial charge on any atom is -0.386 e. The fraction of sp³-hybridized carbons (Fsp3) is 0.800. The highest BCUT2D eigenvalue weighted by molar-refractivity contribution is 9.09. The molecule has 0 amide bonds. The standard InChI is InChI=1S/C10H18Br2N4/c11-5-9(10(6-12)16-13)15-7-8-1-3-14-4-2-8/h8,13-15H,1-7H2/b10-9-,16-13?. The van der Waals surface area contributed by atoms with Crippen LogP contribution in [0, 0.1) is 11.4 Å². The Morgan fingerprint density at radius 3 is 2.50 bits per heavy atom. The van der Waals surface area contributed by atoms with Crippen LogP contribution in [0.3, 0.4) is 0 Å². The van der Waals surface area contributed by atoms with Gasteiger partial charge >= 0.3 is 0 Å². The minimum absolute atomic E-state index is 0.622. The van der Waals surface area contributed by atoms with E-state index in [0.717, 1.165) is 42.3 Å². The van der Waals surface area contributed by atoms with Crippen LogP contribution in [0.4, 0.5) is 0 Å². The van der Waals surface area contributed by atoms with E-state index in [9.17, 15) is 0 Å². The van der Waals surface area contributed by atoms with E-state index in [0.29, 0.717) is 5.33 Å². The Kier molecular flexibility index (Phi) is 7.23. The molecule has 6 heteroatoms. The number of alkyl halides is 2. The smallest absolute Gasteiger partial charge is 0.0926 e. The van der Waals surface area contributed by atoms with Crippen molar-refractivity contribution in [2.24, 2.45) is 11.0 Å². The molecule has 0 bridgehead atoms. The number of allylic oxidation sites excluding steroid dienone is 2. The fourth-order valence-corrected chi connectivity index (χ4v) is 2.74. The third-order valence-corrected chi connectivity index (χ3v) is 3.90. The van der Waals surface area contributed by atoms with Gasteiger partial charge in [-0.15, -0.1) is 0 Å². The van der Waals surface area contributed by atoms with Crippen molar-refractivity contribution in [3.05, 3.63) is 11.4 Å². The maximum Gasteiger partial charge on any atom is 0.0926 e. The quantitative estimate of drug-likeness (QED) is 0.507. The Balaban J connectivity index is 2.43. The van der Waals surface area contributed by atoms with Gasteiger partial charge in [-0.05, 0) is 31.8 Å². The number of rotatable bonds is 6. The molecule has 1 fully saturated rings. The van der Waals surface area contributed by atoms with E-state index in [2.05, 4.69) is 47.6 Å². The summed E-state index contributed by atoms with van der Waals surface area (Å²) >= 11 is 6.77. The fourth-order valence-electron chi connectivity index (χ4n) is 1.76. The lowest BCUT2D eigenvalue weighted by Crippen LogP contribution is -2.33. The van der Waals surface area contributed by atoms with Crippen LogP contribution < -0.4 is 10.6 Å². The highest BCUT2D eigenvalue weighted by Gasteiger charge is 2.13. The summed E-state index contributed by atoms with van der Waals surface area (Å²) in [6.07, 6.45) is 2.45. The normalized spacial score (nSPS) is 19.1. The van der Waals surface area contributed by atoms with E-state index < -0.39 is 0 Å². The Morgan fingerprint density at radius 2 is 2.00 bits per heavy atom. The largest absolute Gasteiger partial charge is 0.386 e. The van der Waals surface area contributed by atoms with E-state index in [1.54, 1.807) is 0 Å². The number of nitrogens with one attached hydrogen (secondary N) is 3. The summed E-state index contributed by atoms with van der Waals surface area (Å²) < 4.78 is 0. The van der Waals surface area contributed by atoms with Crippen molar-refractivity contribution in [2.75, 3.05) is 30.3 Å². The highest BCUT2D eigenvalue weighted by atomic mass is 79.9. The van der Waals surface area contributed by atoms with Gasteiger partial charge in [0.25, 0.3) is 0 Å². The van der Waals surface area contributed by atoms with Crippen molar-refractivity contribution >= 4 is 31.9 Å². The topological polar surface area (TPSA) is 60.3 Å². The molecule has 1 heterocycles. The second-order valence-electron chi connectivity index (χ2n) is 3.88. The van der Waals surface area contributed by atoms with Crippen LogP contribution in [-0.4, -0.2) is 30.3 Å². The molecule has 1 aliphatic heterocycles. The van der Waals surface area contributed by atoms with Crippen molar-refractivity contribution in [2.45, 2.75) is 12.8 Å². The molecule has 1 rings (SSSR count). The van der Waals surface area contributed by atoms with Crippen LogP contribution >= 0.6 is 31.9 Å². The first-order chi connectivity index (χ1) is 7.81. The lowest BCUT2D eigenvalue weighted by molar-refractivity contribution is 0.366. The predicted molar refractivity (Wildman–Crippen MR) is 73.4 cm³/mol. The number of piperidine rings is 1. The number of hydrogen-bond acceptors (Lipinski definition) is 4. The van der Waals surface area contributed by atoms with Crippen LogP contribution in [0.25, 0.3) is 0 Å². The average molecular weight is 354 g/mol. The van der Waals surface area contributed by atoms with Crippen LogP contribution in [0.15, 0.2) is 16.5 Å². The SMILES string of the molecule is N=N/C(CBr)=C(/CBr)NCC1CCNCC1. The molecular weight excluding hydrogens is 336 g/mol. The summed E-state index contributed by atoms with van der Waals surface area (Å²) in [7, 11) is 0. The van der Waals surface area contributed by atoms with Crippen LogP contribution in [-0.2, 0) is 0 Å². The van der Waals surface area contributed by atoms with Crippen molar-refractivity contribution in [3.8, 4) is 0 Å². The van der Waals surface area contributed by atoms with Crippen molar-refractivity contribution < 1.29 is 0 Å². The van der Waals surface area contributed by atoms with Crippen molar-refractivity contribution in [3.63, 3.8) is 0 Å². The zero-order chi connectivity index (χ0) is 11.8. The number of hydrogen-bond donors (Lipinski definition) is 3. The Hall–Kier alpha value is 0.0600. The zero-order valence-corrected chi connectivity index (χ0v) is 12.4. The summed E-state index contributed by atoms with van der Waals surface area (Å²) in [6, 6.07) is 0. The van der Waals surface area contributed by atoms with Gasteiger partial charge in [-0.3, -0.25) is 0 Å².